The number of unbranched alkanes of at least 4 members (excludes halogenated alkanes) is 2. The van der Waals surface area contributed by atoms with Gasteiger partial charge in [-0.2, -0.15) is 4.98 Å². The number of nitrogens with zero attached hydrogens (tertiary/aromatic N) is 1. The van der Waals surface area contributed by atoms with Crippen LogP contribution in [0.4, 0.5) is 17.5 Å². The van der Waals surface area contributed by atoms with E-state index in [9.17, 15) is 9.59 Å². The summed E-state index contributed by atoms with van der Waals surface area (Å²) in [6.07, 6.45) is 2.37. The Bertz CT molecular complexity index is 471. The fourth-order valence-corrected chi connectivity index (χ4v) is 1.37. The van der Waals surface area contributed by atoms with Crippen molar-refractivity contribution in [2.75, 3.05) is 23.3 Å². The third kappa shape index (κ3) is 4.32. The van der Waals surface area contributed by atoms with Gasteiger partial charge in [-0.3, -0.25) is 14.6 Å². The van der Waals surface area contributed by atoms with Crippen LogP contribution in [-0.4, -0.2) is 27.6 Å². The van der Waals surface area contributed by atoms with E-state index >= 15 is 0 Å². The molecule has 0 bridgehead atoms. The van der Waals surface area contributed by atoms with Gasteiger partial charge < -0.3 is 21.9 Å². The number of hydrogen-bond acceptors (Lipinski definition) is 6. The molecule has 1 rings (SSSR count). The van der Waals surface area contributed by atoms with Crippen LogP contribution in [0.25, 0.3) is 0 Å². The van der Waals surface area contributed by atoms with Gasteiger partial charge in [0, 0.05) is 13.0 Å². The van der Waals surface area contributed by atoms with E-state index < -0.39 is 11.5 Å². The minimum atomic E-state index is -0.791. The maximum atomic E-state index is 11.3. The summed E-state index contributed by atoms with van der Waals surface area (Å²) in [5.41, 5.74) is 10.2. The number of carboxylic acid groups (broad SMARTS) is 1. The summed E-state index contributed by atoms with van der Waals surface area (Å²) < 4.78 is 0. The van der Waals surface area contributed by atoms with Crippen LogP contribution < -0.4 is 22.3 Å². The number of aliphatic carboxylic acids is 1. The van der Waals surface area contributed by atoms with Crippen molar-refractivity contribution in [1.29, 1.82) is 0 Å². The van der Waals surface area contributed by atoms with Crippen LogP contribution in [0.3, 0.4) is 0 Å². The number of aromatic nitrogens is 2. The van der Waals surface area contributed by atoms with Gasteiger partial charge in [0.15, 0.2) is 5.82 Å². The van der Waals surface area contributed by atoms with Gasteiger partial charge in [0.25, 0.3) is 5.56 Å². The predicted molar refractivity (Wildman–Crippen MR) is 68.3 cm³/mol. The molecule has 0 saturated carbocycles. The van der Waals surface area contributed by atoms with Crippen LogP contribution in [-0.2, 0) is 4.79 Å². The number of nitrogen functional groups attached to an aromatic ring is 2. The summed E-state index contributed by atoms with van der Waals surface area (Å²) in [6.45, 7) is 0.575. The van der Waals surface area contributed by atoms with Crippen molar-refractivity contribution in [1.82, 2.24) is 9.97 Å². The zero-order chi connectivity index (χ0) is 13.5. The van der Waals surface area contributed by atoms with E-state index in [1.165, 1.54) is 0 Å². The van der Waals surface area contributed by atoms with Crippen LogP contribution in [0.15, 0.2) is 4.79 Å². The van der Waals surface area contributed by atoms with Crippen molar-refractivity contribution in [2.45, 2.75) is 25.7 Å². The fraction of sp³-hybridized carbons (Fsp3) is 0.500. The molecule has 100 valence electrons. The van der Waals surface area contributed by atoms with Crippen LogP contribution >= 0.6 is 0 Å². The molecule has 8 heteroatoms. The van der Waals surface area contributed by atoms with E-state index in [0.29, 0.717) is 13.0 Å². The molecule has 1 aromatic rings. The topological polar surface area (TPSA) is 147 Å². The molecule has 7 N–H and O–H groups in total. The average Bonchev–Trinajstić information content (AvgIpc) is 2.30. The van der Waals surface area contributed by atoms with Crippen LogP contribution in [0.5, 0.6) is 0 Å². The second-order valence-corrected chi connectivity index (χ2v) is 3.84. The highest BCUT2D eigenvalue weighted by Crippen LogP contribution is 2.07. The normalized spacial score (nSPS) is 10.2. The number of H-pyrrole nitrogens is 1. The summed E-state index contributed by atoms with van der Waals surface area (Å²) in [4.78, 5) is 27.9. The van der Waals surface area contributed by atoms with Crippen molar-refractivity contribution in [3.63, 3.8) is 0 Å². The second-order valence-electron chi connectivity index (χ2n) is 3.84. The number of aromatic amines is 1. The standard InChI is InChI=1S/C10H17N5O3/c11-7-8(12)14-10(15-9(7)18)13-5-3-1-2-4-6(16)17/h1-5,11H2,(H,16,17)(H4,12,13,14,15,18). The van der Waals surface area contributed by atoms with Crippen molar-refractivity contribution < 1.29 is 9.90 Å². The molecule has 1 aromatic heterocycles. The lowest BCUT2D eigenvalue weighted by Crippen LogP contribution is -2.19. The molecule has 0 radical (unpaired) electrons. The van der Waals surface area contributed by atoms with E-state index in [0.717, 1.165) is 12.8 Å². The minimum Gasteiger partial charge on any atom is -0.481 e. The number of anilines is 3. The number of hydrogen-bond donors (Lipinski definition) is 5. The van der Waals surface area contributed by atoms with Gasteiger partial charge in [0.05, 0.1) is 0 Å². The Hall–Kier alpha value is -2.25. The lowest BCUT2D eigenvalue weighted by atomic mass is 10.2. The first kappa shape index (κ1) is 13.8. The van der Waals surface area contributed by atoms with E-state index in [1.54, 1.807) is 0 Å². The van der Waals surface area contributed by atoms with E-state index in [2.05, 4.69) is 15.3 Å². The minimum absolute atomic E-state index is 0.00729. The predicted octanol–water partition coefficient (Wildman–Crippen LogP) is -0.00880. The monoisotopic (exact) mass is 255 g/mol. The highest BCUT2D eigenvalue weighted by atomic mass is 16.4. The van der Waals surface area contributed by atoms with Crippen LogP contribution in [0.1, 0.15) is 25.7 Å². The van der Waals surface area contributed by atoms with Gasteiger partial charge in [0.1, 0.15) is 5.69 Å². The number of carbonyl (C=O) groups is 1. The average molecular weight is 255 g/mol. The molecule has 0 amide bonds. The molecule has 0 saturated heterocycles. The first-order valence-electron chi connectivity index (χ1n) is 5.61. The largest absolute Gasteiger partial charge is 0.481 e. The Labute approximate surface area is 103 Å². The Morgan fingerprint density at radius 2 is 2.06 bits per heavy atom. The third-order valence-corrected chi connectivity index (χ3v) is 2.34. The smallest absolute Gasteiger partial charge is 0.303 e. The first-order chi connectivity index (χ1) is 8.50. The molecule has 0 aliphatic heterocycles. The molecule has 1 heterocycles. The molecule has 0 atom stereocenters. The first-order valence-corrected chi connectivity index (χ1v) is 5.61. The quantitative estimate of drug-likeness (QED) is 0.430. The zero-order valence-corrected chi connectivity index (χ0v) is 9.90. The Balaban J connectivity index is 2.32. The Kier molecular flexibility index (Phi) is 4.97. The molecule has 0 aliphatic rings. The SMILES string of the molecule is Nc1nc(NCCCCCC(=O)O)[nH]c(=O)c1N. The van der Waals surface area contributed by atoms with Gasteiger partial charge in [-0.05, 0) is 12.8 Å². The molecule has 0 unspecified atom stereocenters. The van der Waals surface area contributed by atoms with Gasteiger partial charge in [-0.15, -0.1) is 0 Å². The molecule has 18 heavy (non-hydrogen) atoms. The number of nitrogens with one attached hydrogen (secondary N) is 2. The summed E-state index contributed by atoms with van der Waals surface area (Å²) >= 11 is 0. The third-order valence-electron chi connectivity index (χ3n) is 2.34. The molecule has 0 aliphatic carbocycles. The fourth-order valence-electron chi connectivity index (χ4n) is 1.37. The van der Waals surface area contributed by atoms with E-state index in [-0.39, 0.29) is 23.9 Å². The summed E-state index contributed by atoms with van der Waals surface area (Å²) in [5, 5.41) is 11.3. The highest BCUT2D eigenvalue weighted by molar-refractivity contribution is 5.66. The lowest BCUT2D eigenvalue weighted by molar-refractivity contribution is -0.137. The highest BCUT2D eigenvalue weighted by Gasteiger charge is 2.04. The van der Waals surface area contributed by atoms with Gasteiger partial charge in [-0.25, -0.2) is 0 Å². The number of nitrogens with two attached hydrogens (primary N) is 2. The maximum absolute atomic E-state index is 11.3. The van der Waals surface area contributed by atoms with Gasteiger partial charge >= 0.3 is 5.97 Å². The maximum Gasteiger partial charge on any atom is 0.303 e. The Morgan fingerprint density at radius 1 is 1.33 bits per heavy atom. The van der Waals surface area contributed by atoms with Crippen LogP contribution in [0, 0.1) is 0 Å². The molecule has 0 fully saturated rings. The molecular formula is C10H17N5O3. The van der Waals surface area contributed by atoms with E-state index in [1.807, 2.05) is 0 Å². The number of carboxylic acids is 1. The van der Waals surface area contributed by atoms with Crippen molar-refractivity contribution in [3.8, 4) is 0 Å². The van der Waals surface area contributed by atoms with Crippen molar-refractivity contribution in [2.24, 2.45) is 0 Å². The summed E-state index contributed by atoms with van der Waals surface area (Å²) in [5.74, 6) is -0.530. The summed E-state index contributed by atoms with van der Waals surface area (Å²) in [7, 11) is 0. The second kappa shape index (κ2) is 6.48. The van der Waals surface area contributed by atoms with Gasteiger partial charge in [-0.1, -0.05) is 6.42 Å². The molecule has 0 aromatic carbocycles. The zero-order valence-electron chi connectivity index (χ0n) is 9.90. The molecule has 0 spiro atoms. The van der Waals surface area contributed by atoms with Crippen molar-refractivity contribution >= 4 is 23.4 Å². The summed E-state index contributed by atoms with van der Waals surface area (Å²) in [6, 6.07) is 0. The molecule has 8 nitrogen and oxygen atoms in total. The van der Waals surface area contributed by atoms with E-state index in [4.69, 9.17) is 16.6 Å². The van der Waals surface area contributed by atoms with Gasteiger partial charge in [0.2, 0.25) is 5.95 Å². The lowest BCUT2D eigenvalue weighted by Gasteiger charge is -2.06. The van der Waals surface area contributed by atoms with Crippen LogP contribution in [0.2, 0.25) is 0 Å². The molecular weight excluding hydrogens is 238 g/mol. The van der Waals surface area contributed by atoms with Crippen molar-refractivity contribution in [3.05, 3.63) is 10.4 Å². The Morgan fingerprint density at radius 3 is 2.67 bits per heavy atom. The number of rotatable bonds is 7.